The number of aliphatic hydroxyl groups excluding tert-OH is 2. The van der Waals surface area contributed by atoms with Crippen LogP contribution in [0.5, 0.6) is 0 Å². The molecule has 12 heavy (non-hydrogen) atoms. The van der Waals surface area contributed by atoms with Gasteiger partial charge in [0.2, 0.25) is 0 Å². The lowest BCUT2D eigenvalue weighted by atomic mass is 10.1. The number of rotatable bonds is 5. The van der Waals surface area contributed by atoms with Crippen LogP contribution in [0.2, 0.25) is 0 Å². The summed E-state index contributed by atoms with van der Waals surface area (Å²) in [5, 5.41) is 17.3. The lowest BCUT2D eigenvalue weighted by molar-refractivity contribution is -0.886. The first-order valence-corrected chi connectivity index (χ1v) is 3.74. The monoisotopic (exact) mass is 218 g/mol. The van der Waals surface area contributed by atoms with Gasteiger partial charge >= 0.3 is 0 Å². The molecule has 0 aliphatic rings. The number of hydrogen-bond donors (Lipinski definition) is 3. The average molecular weight is 219 g/mol. The Kier molecular flexibility index (Phi) is 17.5. The molecule has 0 amide bonds. The standard InChI is InChI=1S/C7H17NO2.2ClH/c1-8(2)7(6-10)4-3-5-9;;/h7,9-10H,3-6H2,1-2H3;2*1H/p-1. The van der Waals surface area contributed by atoms with E-state index in [1.54, 1.807) is 0 Å². The van der Waals surface area contributed by atoms with Crippen LogP contribution >= 0.6 is 0 Å². The highest BCUT2D eigenvalue weighted by Crippen LogP contribution is 1.90. The van der Waals surface area contributed by atoms with Crippen molar-refractivity contribution in [3.05, 3.63) is 0 Å². The van der Waals surface area contributed by atoms with Gasteiger partial charge in [-0.3, -0.25) is 0 Å². The number of likely N-dealkylation sites (N-methyl/N-ethyl adjacent to an activating group) is 1. The molecule has 0 saturated carbocycles. The maximum Gasteiger partial charge on any atom is 0.110 e. The largest absolute Gasteiger partial charge is 1.00 e. The second-order valence-corrected chi connectivity index (χ2v) is 2.82. The van der Waals surface area contributed by atoms with Gasteiger partial charge in [0.25, 0.3) is 0 Å². The SMILES string of the molecule is C[NH+](C)C(CO)CCCO.[Cl-].[Cl-]. The number of hydrogen-bond acceptors (Lipinski definition) is 2. The molecule has 0 aromatic carbocycles. The van der Waals surface area contributed by atoms with Gasteiger partial charge in [-0.2, -0.15) is 0 Å². The molecule has 0 spiro atoms. The zero-order valence-corrected chi connectivity index (χ0v) is 9.07. The molecule has 1 atom stereocenters. The molecule has 0 saturated heterocycles. The lowest BCUT2D eigenvalue weighted by Crippen LogP contribution is -3.10. The summed E-state index contributed by atoms with van der Waals surface area (Å²) in [5.41, 5.74) is 0. The van der Waals surface area contributed by atoms with E-state index in [0.717, 1.165) is 12.8 Å². The highest BCUT2D eigenvalue weighted by Gasteiger charge is 2.11. The van der Waals surface area contributed by atoms with E-state index in [2.05, 4.69) is 0 Å². The molecule has 1 unspecified atom stereocenters. The molecule has 3 N–H and O–H groups in total. The van der Waals surface area contributed by atoms with Crippen molar-refractivity contribution in [3.8, 4) is 0 Å². The third kappa shape index (κ3) is 8.56. The number of aliphatic hydroxyl groups is 2. The molecule has 3 nitrogen and oxygen atoms in total. The van der Waals surface area contributed by atoms with Crippen LogP contribution in [0.25, 0.3) is 0 Å². The summed E-state index contributed by atoms with van der Waals surface area (Å²) in [6.07, 6.45) is 1.69. The van der Waals surface area contributed by atoms with E-state index in [1.807, 2.05) is 14.1 Å². The normalized spacial score (nSPS) is 11.8. The topological polar surface area (TPSA) is 44.9 Å². The molecule has 78 valence electrons. The first kappa shape index (κ1) is 18.3. The van der Waals surface area contributed by atoms with Crippen LogP contribution in [0.1, 0.15) is 12.8 Å². The quantitative estimate of drug-likeness (QED) is 0.430. The third-order valence-corrected chi connectivity index (χ3v) is 1.75. The Morgan fingerprint density at radius 3 is 1.92 bits per heavy atom. The van der Waals surface area contributed by atoms with Crippen LogP contribution in [0.15, 0.2) is 0 Å². The Morgan fingerprint density at radius 2 is 1.67 bits per heavy atom. The molecule has 0 rings (SSSR count). The van der Waals surface area contributed by atoms with E-state index in [1.165, 1.54) is 4.90 Å². The van der Waals surface area contributed by atoms with Crippen molar-refractivity contribution in [2.24, 2.45) is 0 Å². The number of halogens is 2. The number of nitrogens with one attached hydrogen (secondary N) is 1. The lowest BCUT2D eigenvalue weighted by Gasteiger charge is -2.18. The van der Waals surface area contributed by atoms with Gasteiger partial charge in [-0.15, -0.1) is 0 Å². The Morgan fingerprint density at radius 1 is 1.17 bits per heavy atom. The predicted molar refractivity (Wildman–Crippen MR) is 40.0 cm³/mol. The van der Waals surface area contributed by atoms with Gasteiger partial charge in [-0.05, 0) is 6.42 Å². The molecule has 0 aromatic heterocycles. The molecular formula is C7H18Cl2NO2-. The van der Waals surface area contributed by atoms with Crippen molar-refractivity contribution >= 4 is 0 Å². The Labute approximate surface area is 86.6 Å². The molecule has 0 aliphatic carbocycles. The zero-order valence-electron chi connectivity index (χ0n) is 7.56. The maximum absolute atomic E-state index is 8.82. The van der Waals surface area contributed by atoms with Gasteiger partial charge in [0.15, 0.2) is 0 Å². The number of quaternary nitrogens is 1. The summed E-state index contributed by atoms with van der Waals surface area (Å²) in [7, 11) is 4.02. The molecule has 0 aromatic rings. The van der Waals surface area contributed by atoms with Crippen molar-refractivity contribution in [1.29, 1.82) is 0 Å². The van der Waals surface area contributed by atoms with Gasteiger partial charge in [-0.1, -0.05) is 0 Å². The molecule has 0 heterocycles. The predicted octanol–water partition coefficient (Wildman–Crippen LogP) is -7.73. The first-order chi connectivity index (χ1) is 4.72. The minimum Gasteiger partial charge on any atom is -1.00 e. The Bertz CT molecular complexity index is 83.8. The van der Waals surface area contributed by atoms with Crippen molar-refractivity contribution in [3.63, 3.8) is 0 Å². The molecular weight excluding hydrogens is 201 g/mol. The van der Waals surface area contributed by atoms with Crippen molar-refractivity contribution in [1.82, 2.24) is 0 Å². The fraction of sp³-hybridized carbons (Fsp3) is 1.00. The van der Waals surface area contributed by atoms with E-state index in [9.17, 15) is 0 Å². The van der Waals surface area contributed by atoms with E-state index in [0.29, 0.717) is 0 Å². The zero-order chi connectivity index (χ0) is 7.98. The van der Waals surface area contributed by atoms with Crippen molar-refractivity contribution in [2.45, 2.75) is 18.9 Å². The van der Waals surface area contributed by atoms with Crippen LogP contribution in [-0.2, 0) is 0 Å². The van der Waals surface area contributed by atoms with Crippen LogP contribution in [0.4, 0.5) is 0 Å². The fourth-order valence-corrected chi connectivity index (χ4v) is 0.900. The van der Waals surface area contributed by atoms with Gasteiger partial charge < -0.3 is 39.9 Å². The fourth-order valence-electron chi connectivity index (χ4n) is 0.900. The second kappa shape index (κ2) is 11.5. The minimum absolute atomic E-state index is 0. The second-order valence-electron chi connectivity index (χ2n) is 2.82. The highest BCUT2D eigenvalue weighted by molar-refractivity contribution is 4.51. The van der Waals surface area contributed by atoms with E-state index in [4.69, 9.17) is 10.2 Å². The Balaban J connectivity index is -0.000000405. The summed E-state index contributed by atoms with van der Waals surface area (Å²) < 4.78 is 0. The van der Waals surface area contributed by atoms with Crippen LogP contribution in [0.3, 0.4) is 0 Å². The molecule has 5 heteroatoms. The van der Waals surface area contributed by atoms with Gasteiger partial charge in [0.1, 0.15) is 6.04 Å². The molecule has 0 aliphatic heterocycles. The highest BCUT2D eigenvalue weighted by atomic mass is 35.5. The molecule has 0 radical (unpaired) electrons. The van der Waals surface area contributed by atoms with Gasteiger partial charge in [0.05, 0.1) is 20.7 Å². The third-order valence-electron chi connectivity index (χ3n) is 1.75. The summed E-state index contributed by atoms with van der Waals surface area (Å²) in [5.74, 6) is 0. The van der Waals surface area contributed by atoms with E-state index >= 15 is 0 Å². The summed E-state index contributed by atoms with van der Waals surface area (Å²) in [4.78, 5) is 1.25. The molecule has 0 bridgehead atoms. The molecule has 0 fully saturated rings. The van der Waals surface area contributed by atoms with E-state index in [-0.39, 0.29) is 44.1 Å². The Hall–Kier alpha value is 0.460. The minimum atomic E-state index is 0. The first-order valence-electron chi connectivity index (χ1n) is 3.74. The van der Waals surface area contributed by atoms with Crippen LogP contribution < -0.4 is 29.7 Å². The van der Waals surface area contributed by atoms with Crippen molar-refractivity contribution in [2.75, 3.05) is 27.3 Å². The summed E-state index contributed by atoms with van der Waals surface area (Å²) in [6, 6.07) is 0.284. The van der Waals surface area contributed by atoms with Crippen LogP contribution in [-0.4, -0.2) is 43.6 Å². The maximum atomic E-state index is 8.82. The van der Waals surface area contributed by atoms with Gasteiger partial charge in [0, 0.05) is 13.0 Å². The smallest absolute Gasteiger partial charge is 0.110 e. The van der Waals surface area contributed by atoms with Gasteiger partial charge in [-0.25, -0.2) is 0 Å². The summed E-state index contributed by atoms with van der Waals surface area (Å²) in [6.45, 7) is 0.437. The van der Waals surface area contributed by atoms with E-state index < -0.39 is 0 Å². The summed E-state index contributed by atoms with van der Waals surface area (Å²) >= 11 is 0. The van der Waals surface area contributed by atoms with Crippen molar-refractivity contribution < 1.29 is 39.9 Å². The van der Waals surface area contributed by atoms with Crippen LogP contribution in [0, 0.1) is 0 Å². The average Bonchev–Trinajstić information content (AvgIpc) is 1.89.